The molecule has 0 aliphatic heterocycles. The smallest absolute Gasteiger partial charge is 0.404 e. The molecule has 1 amide bonds. The number of aryl methyl sites for hydroxylation is 1. The van der Waals surface area contributed by atoms with E-state index in [0.29, 0.717) is 12.3 Å². The number of halogens is 1. The lowest BCUT2D eigenvalue weighted by molar-refractivity contribution is -0.390. The van der Waals surface area contributed by atoms with Gasteiger partial charge in [-0.3, -0.25) is 4.79 Å². The van der Waals surface area contributed by atoms with Crippen LogP contribution in [0.15, 0.2) is 57.6 Å². The van der Waals surface area contributed by atoms with Crippen LogP contribution in [0.1, 0.15) is 33.3 Å². The summed E-state index contributed by atoms with van der Waals surface area (Å²) in [6.07, 6.45) is 1.48. The third kappa shape index (κ3) is 4.33. The summed E-state index contributed by atoms with van der Waals surface area (Å²) >= 11 is 3.10. The van der Waals surface area contributed by atoms with Crippen LogP contribution in [0.3, 0.4) is 0 Å². The van der Waals surface area contributed by atoms with E-state index in [1.54, 1.807) is 12.1 Å². The van der Waals surface area contributed by atoms with E-state index >= 15 is 0 Å². The second-order valence-electron chi connectivity index (χ2n) is 7.10. The molecular formula is C21H19BrN6O4. The molecule has 0 bridgehead atoms. The van der Waals surface area contributed by atoms with Gasteiger partial charge in [0.25, 0.3) is 5.91 Å². The van der Waals surface area contributed by atoms with E-state index in [1.807, 2.05) is 48.9 Å². The maximum absolute atomic E-state index is 12.6. The van der Waals surface area contributed by atoms with Gasteiger partial charge in [-0.25, -0.2) is 4.68 Å². The van der Waals surface area contributed by atoms with E-state index < -0.39 is 4.92 Å². The van der Waals surface area contributed by atoms with E-state index in [9.17, 15) is 14.9 Å². The van der Waals surface area contributed by atoms with Gasteiger partial charge in [-0.15, -0.1) is 0 Å². The lowest BCUT2D eigenvalue weighted by Crippen LogP contribution is -2.23. The molecule has 3 heterocycles. The van der Waals surface area contributed by atoms with Crippen LogP contribution < -0.4 is 5.32 Å². The fourth-order valence-corrected chi connectivity index (χ4v) is 3.80. The lowest BCUT2D eigenvalue weighted by atomic mass is 10.2. The first kappa shape index (κ1) is 21.5. The number of rotatable bonds is 7. The van der Waals surface area contributed by atoms with Crippen molar-refractivity contribution in [3.63, 3.8) is 0 Å². The number of hydrogen-bond acceptors (Lipinski definition) is 6. The summed E-state index contributed by atoms with van der Waals surface area (Å²) in [5.74, 6) is -0.0535. The second kappa shape index (κ2) is 8.79. The summed E-state index contributed by atoms with van der Waals surface area (Å²) in [5, 5.41) is 22.2. The van der Waals surface area contributed by atoms with Crippen LogP contribution in [-0.4, -0.2) is 30.4 Å². The van der Waals surface area contributed by atoms with Crippen LogP contribution >= 0.6 is 15.9 Å². The first-order valence-electron chi connectivity index (χ1n) is 9.68. The summed E-state index contributed by atoms with van der Waals surface area (Å²) in [6.45, 7) is 4.32. The minimum Gasteiger partial charge on any atom is -0.454 e. The zero-order chi connectivity index (χ0) is 22.8. The van der Waals surface area contributed by atoms with Gasteiger partial charge in [-0.05, 0) is 59.0 Å². The number of carbonyl (C=O) groups is 1. The number of furan rings is 1. The van der Waals surface area contributed by atoms with Crippen LogP contribution in [0.5, 0.6) is 0 Å². The Labute approximate surface area is 191 Å². The molecule has 0 saturated carbocycles. The maximum Gasteiger partial charge on any atom is 0.404 e. The molecule has 0 unspecified atom stereocenters. The molecule has 0 atom stereocenters. The highest BCUT2D eigenvalue weighted by Gasteiger charge is 2.20. The molecule has 0 saturated heterocycles. The monoisotopic (exact) mass is 498 g/mol. The van der Waals surface area contributed by atoms with E-state index in [0.717, 1.165) is 22.6 Å². The maximum atomic E-state index is 12.6. The topological polar surface area (TPSA) is 121 Å². The fraction of sp³-hybridized carbons (Fsp3) is 0.190. The lowest BCUT2D eigenvalue weighted by Gasteiger charge is -2.06. The molecule has 0 fully saturated rings. The van der Waals surface area contributed by atoms with Crippen molar-refractivity contribution in [2.24, 2.45) is 0 Å². The Morgan fingerprint density at radius 3 is 2.62 bits per heavy atom. The molecule has 1 N–H and O–H groups in total. The fourth-order valence-electron chi connectivity index (χ4n) is 3.34. The van der Waals surface area contributed by atoms with Crippen LogP contribution in [0.4, 0.5) is 5.82 Å². The molecular weight excluding hydrogens is 480 g/mol. The van der Waals surface area contributed by atoms with Crippen LogP contribution in [0, 0.1) is 24.0 Å². The summed E-state index contributed by atoms with van der Waals surface area (Å²) in [4.78, 5) is 22.9. The molecule has 164 valence electrons. The Balaban J connectivity index is 1.43. The van der Waals surface area contributed by atoms with E-state index in [4.69, 9.17) is 4.42 Å². The van der Waals surface area contributed by atoms with Crippen molar-refractivity contribution in [2.45, 2.75) is 26.9 Å². The Kier molecular flexibility index (Phi) is 5.91. The van der Waals surface area contributed by atoms with Crippen molar-refractivity contribution >= 4 is 27.7 Å². The molecule has 0 radical (unpaired) electrons. The van der Waals surface area contributed by atoms with E-state index in [1.165, 1.54) is 10.9 Å². The number of hydrogen-bond donors (Lipinski definition) is 1. The first-order chi connectivity index (χ1) is 15.3. The number of benzene rings is 1. The summed E-state index contributed by atoms with van der Waals surface area (Å²) < 4.78 is 9.09. The highest BCUT2D eigenvalue weighted by molar-refractivity contribution is 9.10. The molecule has 0 aliphatic carbocycles. The largest absolute Gasteiger partial charge is 0.454 e. The van der Waals surface area contributed by atoms with Crippen molar-refractivity contribution in [3.8, 4) is 5.69 Å². The minimum atomic E-state index is -0.578. The zero-order valence-corrected chi connectivity index (χ0v) is 18.9. The number of carbonyl (C=O) groups excluding carboxylic acids is 1. The Morgan fingerprint density at radius 1 is 1.19 bits per heavy atom. The Hall–Kier alpha value is -3.73. The summed E-state index contributed by atoms with van der Waals surface area (Å²) in [7, 11) is 0. The molecule has 3 aromatic heterocycles. The zero-order valence-electron chi connectivity index (χ0n) is 17.3. The van der Waals surface area contributed by atoms with Gasteiger partial charge in [0.15, 0.2) is 5.76 Å². The normalized spacial score (nSPS) is 11.0. The van der Waals surface area contributed by atoms with Gasteiger partial charge in [0.1, 0.15) is 16.8 Å². The standard InChI is InChI=1S/C21H19BrN6O4/c1-13-17(14(2)27(24-13)15-6-4-3-5-7-15)10-23-21(29)19-9-8-16(32-19)11-26-12-18(22)20(25-26)28(30)31/h3-9,12H,10-11H2,1-2H3,(H,23,29). The minimum absolute atomic E-state index is 0.145. The van der Waals surface area contributed by atoms with Gasteiger partial charge >= 0.3 is 5.82 Å². The number of nitro groups is 1. The third-order valence-corrected chi connectivity index (χ3v) is 5.50. The van der Waals surface area contributed by atoms with Crippen molar-refractivity contribution < 1.29 is 14.1 Å². The second-order valence-corrected chi connectivity index (χ2v) is 7.96. The van der Waals surface area contributed by atoms with Gasteiger partial charge in [0.2, 0.25) is 0 Å². The molecule has 10 nitrogen and oxygen atoms in total. The van der Waals surface area contributed by atoms with Crippen molar-refractivity contribution in [2.75, 3.05) is 0 Å². The Bertz CT molecular complexity index is 1290. The molecule has 0 spiro atoms. The molecule has 4 rings (SSSR count). The average molecular weight is 499 g/mol. The van der Waals surface area contributed by atoms with Crippen LogP contribution in [0.2, 0.25) is 0 Å². The average Bonchev–Trinajstić information content (AvgIpc) is 3.45. The first-order valence-corrected chi connectivity index (χ1v) is 10.5. The van der Waals surface area contributed by atoms with Gasteiger partial charge in [0.05, 0.1) is 22.7 Å². The number of amides is 1. The molecule has 0 aliphatic rings. The predicted octanol–water partition coefficient (Wildman–Crippen LogP) is 3.93. The van der Waals surface area contributed by atoms with Crippen molar-refractivity contribution in [3.05, 3.63) is 91.7 Å². The predicted molar refractivity (Wildman–Crippen MR) is 119 cm³/mol. The van der Waals surface area contributed by atoms with E-state index in [2.05, 4.69) is 31.4 Å². The number of para-hydroxylation sites is 1. The molecule has 1 aromatic carbocycles. The summed E-state index contributed by atoms with van der Waals surface area (Å²) in [6, 6.07) is 13.0. The van der Waals surface area contributed by atoms with E-state index in [-0.39, 0.29) is 28.5 Å². The third-order valence-electron chi connectivity index (χ3n) is 4.94. The van der Waals surface area contributed by atoms with Crippen LogP contribution in [0.25, 0.3) is 5.69 Å². The molecule has 4 aromatic rings. The number of nitrogens with one attached hydrogen (secondary N) is 1. The van der Waals surface area contributed by atoms with Gasteiger partial charge in [-0.2, -0.15) is 9.78 Å². The number of aromatic nitrogens is 4. The molecule has 32 heavy (non-hydrogen) atoms. The number of nitrogens with zero attached hydrogens (tertiary/aromatic N) is 5. The van der Waals surface area contributed by atoms with Crippen molar-refractivity contribution in [1.29, 1.82) is 0 Å². The van der Waals surface area contributed by atoms with Crippen molar-refractivity contribution in [1.82, 2.24) is 24.9 Å². The SMILES string of the molecule is Cc1nn(-c2ccccc2)c(C)c1CNC(=O)c1ccc(Cn2cc(Br)c([N+](=O)[O-])n2)o1. The highest BCUT2D eigenvalue weighted by atomic mass is 79.9. The summed E-state index contributed by atoms with van der Waals surface area (Å²) in [5.41, 5.74) is 3.66. The van der Waals surface area contributed by atoms with Crippen LogP contribution in [-0.2, 0) is 13.1 Å². The van der Waals surface area contributed by atoms with Gasteiger partial charge in [-0.1, -0.05) is 18.2 Å². The van der Waals surface area contributed by atoms with Gasteiger partial charge in [0, 0.05) is 17.8 Å². The van der Waals surface area contributed by atoms with Gasteiger partial charge < -0.3 is 19.8 Å². The Morgan fingerprint density at radius 2 is 1.94 bits per heavy atom. The highest BCUT2D eigenvalue weighted by Crippen LogP contribution is 2.23. The molecule has 11 heteroatoms. The quantitative estimate of drug-likeness (QED) is 0.304.